The summed E-state index contributed by atoms with van der Waals surface area (Å²) in [5.74, 6) is 0.866. The fourth-order valence-electron chi connectivity index (χ4n) is 0.778. The lowest BCUT2D eigenvalue weighted by Crippen LogP contribution is -2.21. The molecule has 1 aliphatic rings. The Labute approximate surface area is 55.0 Å². The molecular weight excluding hydrogens is 116 g/mol. The second-order valence-electron chi connectivity index (χ2n) is 2.22. The van der Waals surface area contributed by atoms with Crippen LogP contribution in [0.25, 0.3) is 0 Å². The third kappa shape index (κ3) is 1.23. The van der Waals surface area contributed by atoms with Crippen LogP contribution in [0.5, 0.6) is 0 Å². The first-order valence-electron chi connectivity index (χ1n) is 3.05. The van der Waals surface area contributed by atoms with Gasteiger partial charge in [0.1, 0.15) is 5.76 Å². The van der Waals surface area contributed by atoms with E-state index in [4.69, 9.17) is 10.6 Å². The summed E-state index contributed by atoms with van der Waals surface area (Å²) in [6, 6.07) is 0.364. The second kappa shape index (κ2) is 2.37. The number of hydrogen-bond donors (Lipinski definition) is 1. The normalized spacial score (nSPS) is 27.9. The van der Waals surface area contributed by atoms with Gasteiger partial charge in [-0.3, -0.25) is 0 Å². The van der Waals surface area contributed by atoms with Gasteiger partial charge in [0, 0.05) is 7.05 Å². The number of hydrogen-bond acceptors (Lipinski definition) is 3. The quantitative estimate of drug-likeness (QED) is 0.544. The van der Waals surface area contributed by atoms with Crippen LogP contribution < -0.4 is 5.73 Å². The Morgan fingerprint density at radius 3 is 2.78 bits per heavy atom. The number of likely N-dealkylation sites (N-methyl/N-ethyl adjacent to an activating group) is 1. The van der Waals surface area contributed by atoms with Crippen LogP contribution in [-0.2, 0) is 4.84 Å². The maximum absolute atomic E-state index is 5.34. The zero-order valence-corrected chi connectivity index (χ0v) is 5.79. The van der Waals surface area contributed by atoms with E-state index in [1.54, 1.807) is 5.06 Å². The molecule has 0 amide bonds. The standard InChI is InChI=1S/C6H12N2O/c1-5-3-6(4-7)9-8(5)2/h3,5H,4,7H2,1-2H3. The van der Waals surface area contributed by atoms with Crippen LogP contribution in [0.4, 0.5) is 0 Å². The van der Waals surface area contributed by atoms with E-state index in [0.717, 1.165) is 5.76 Å². The van der Waals surface area contributed by atoms with E-state index in [1.165, 1.54) is 0 Å². The van der Waals surface area contributed by atoms with Crippen molar-refractivity contribution in [2.45, 2.75) is 13.0 Å². The molecule has 3 heteroatoms. The number of rotatable bonds is 1. The maximum atomic E-state index is 5.34. The molecule has 1 unspecified atom stereocenters. The van der Waals surface area contributed by atoms with Gasteiger partial charge in [-0.25, -0.2) is 0 Å². The molecule has 0 aromatic rings. The fourth-order valence-corrected chi connectivity index (χ4v) is 0.778. The van der Waals surface area contributed by atoms with Gasteiger partial charge in [0.2, 0.25) is 0 Å². The third-order valence-electron chi connectivity index (χ3n) is 1.46. The SMILES string of the molecule is CC1C=C(CN)ON1C. The minimum absolute atomic E-state index is 0.364. The topological polar surface area (TPSA) is 38.5 Å². The summed E-state index contributed by atoms with van der Waals surface area (Å²) in [5, 5.41) is 1.78. The third-order valence-corrected chi connectivity index (χ3v) is 1.46. The molecule has 9 heavy (non-hydrogen) atoms. The number of hydroxylamine groups is 2. The van der Waals surface area contributed by atoms with Crippen molar-refractivity contribution in [2.75, 3.05) is 13.6 Å². The molecule has 0 aromatic heterocycles. The average molecular weight is 128 g/mol. The van der Waals surface area contributed by atoms with E-state index in [0.29, 0.717) is 12.6 Å². The van der Waals surface area contributed by atoms with E-state index in [9.17, 15) is 0 Å². The van der Waals surface area contributed by atoms with Crippen LogP contribution in [0, 0.1) is 0 Å². The van der Waals surface area contributed by atoms with Crippen LogP contribution in [0.3, 0.4) is 0 Å². The van der Waals surface area contributed by atoms with Crippen molar-refractivity contribution in [3.05, 3.63) is 11.8 Å². The molecule has 52 valence electrons. The zero-order valence-electron chi connectivity index (χ0n) is 5.79. The molecule has 0 saturated carbocycles. The zero-order chi connectivity index (χ0) is 6.85. The monoisotopic (exact) mass is 128 g/mol. The molecule has 0 aromatic carbocycles. The van der Waals surface area contributed by atoms with Crippen LogP contribution in [-0.4, -0.2) is 24.7 Å². The highest BCUT2D eigenvalue weighted by atomic mass is 16.7. The van der Waals surface area contributed by atoms with Crippen LogP contribution >= 0.6 is 0 Å². The number of nitrogens with two attached hydrogens (primary N) is 1. The van der Waals surface area contributed by atoms with Crippen molar-refractivity contribution in [3.63, 3.8) is 0 Å². The van der Waals surface area contributed by atoms with Crippen molar-refractivity contribution in [3.8, 4) is 0 Å². The second-order valence-corrected chi connectivity index (χ2v) is 2.22. The molecule has 0 fully saturated rings. The largest absolute Gasteiger partial charge is 0.409 e. The van der Waals surface area contributed by atoms with E-state index in [1.807, 2.05) is 13.1 Å². The molecule has 2 N–H and O–H groups in total. The molecule has 1 aliphatic heterocycles. The smallest absolute Gasteiger partial charge is 0.135 e. The molecular formula is C6H12N2O. The lowest BCUT2D eigenvalue weighted by molar-refractivity contribution is -0.0899. The Balaban J connectivity index is 2.52. The highest BCUT2D eigenvalue weighted by molar-refractivity contribution is 5.03. The maximum Gasteiger partial charge on any atom is 0.135 e. The summed E-state index contributed by atoms with van der Waals surface area (Å²) in [6.45, 7) is 2.55. The molecule has 0 aliphatic carbocycles. The Bertz CT molecular complexity index is 133. The molecule has 0 radical (unpaired) electrons. The summed E-state index contributed by atoms with van der Waals surface area (Å²) >= 11 is 0. The molecule has 0 bridgehead atoms. The molecule has 1 heterocycles. The minimum atomic E-state index is 0.364. The first kappa shape index (κ1) is 6.58. The van der Waals surface area contributed by atoms with E-state index in [-0.39, 0.29) is 0 Å². The van der Waals surface area contributed by atoms with Gasteiger partial charge in [-0.1, -0.05) is 0 Å². The molecule has 1 atom stereocenters. The number of nitrogens with zero attached hydrogens (tertiary/aromatic N) is 1. The Morgan fingerprint density at radius 1 is 1.89 bits per heavy atom. The summed E-state index contributed by atoms with van der Waals surface area (Å²) in [7, 11) is 1.89. The van der Waals surface area contributed by atoms with Gasteiger partial charge in [0.25, 0.3) is 0 Å². The first-order valence-corrected chi connectivity index (χ1v) is 3.05. The van der Waals surface area contributed by atoms with Crippen molar-refractivity contribution in [2.24, 2.45) is 5.73 Å². The van der Waals surface area contributed by atoms with Gasteiger partial charge in [0.05, 0.1) is 12.6 Å². The van der Waals surface area contributed by atoms with Gasteiger partial charge in [-0.15, -0.1) is 5.06 Å². The van der Waals surface area contributed by atoms with Crippen molar-refractivity contribution >= 4 is 0 Å². The molecule has 0 spiro atoms. The lowest BCUT2D eigenvalue weighted by Gasteiger charge is -2.13. The Morgan fingerprint density at radius 2 is 2.56 bits per heavy atom. The fraction of sp³-hybridized carbons (Fsp3) is 0.667. The highest BCUT2D eigenvalue weighted by Crippen LogP contribution is 2.13. The van der Waals surface area contributed by atoms with Crippen LogP contribution in [0.2, 0.25) is 0 Å². The van der Waals surface area contributed by atoms with E-state index >= 15 is 0 Å². The van der Waals surface area contributed by atoms with Gasteiger partial charge in [0.15, 0.2) is 0 Å². The van der Waals surface area contributed by atoms with Gasteiger partial charge < -0.3 is 10.6 Å². The predicted molar refractivity (Wildman–Crippen MR) is 35.4 cm³/mol. The highest BCUT2D eigenvalue weighted by Gasteiger charge is 2.17. The Hall–Kier alpha value is -0.540. The van der Waals surface area contributed by atoms with Gasteiger partial charge in [-0.05, 0) is 13.0 Å². The van der Waals surface area contributed by atoms with Crippen molar-refractivity contribution < 1.29 is 4.84 Å². The van der Waals surface area contributed by atoms with E-state index in [2.05, 4.69) is 6.92 Å². The summed E-state index contributed by atoms with van der Waals surface area (Å²) in [5.41, 5.74) is 5.34. The van der Waals surface area contributed by atoms with Crippen LogP contribution in [0.15, 0.2) is 11.8 Å². The first-order chi connectivity index (χ1) is 4.24. The summed E-state index contributed by atoms with van der Waals surface area (Å²) < 4.78 is 0. The molecule has 1 rings (SSSR count). The lowest BCUT2D eigenvalue weighted by atomic mass is 10.3. The summed E-state index contributed by atoms with van der Waals surface area (Å²) in [4.78, 5) is 5.19. The van der Waals surface area contributed by atoms with Crippen molar-refractivity contribution in [1.82, 2.24) is 5.06 Å². The molecule has 0 saturated heterocycles. The average Bonchev–Trinajstić information content (AvgIpc) is 2.13. The van der Waals surface area contributed by atoms with E-state index < -0.39 is 0 Å². The predicted octanol–water partition coefficient (Wildman–Crippen LogP) is 0.0945. The minimum Gasteiger partial charge on any atom is -0.409 e. The van der Waals surface area contributed by atoms with Crippen LogP contribution in [0.1, 0.15) is 6.92 Å². The Kier molecular flexibility index (Phi) is 1.73. The van der Waals surface area contributed by atoms with Gasteiger partial charge in [-0.2, -0.15) is 0 Å². The van der Waals surface area contributed by atoms with Crippen molar-refractivity contribution in [1.29, 1.82) is 0 Å². The molecule has 3 nitrogen and oxygen atoms in total. The summed E-state index contributed by atoms with van der Waals surface area (Å²) in [6.07, 6.45) is 2.01. The van der Waals surface area contributed by atoms with Gasteiger partial charge >= 0.3 is 0 Å².